The summed E-state index contributed by atoms with van der Waals surface area (Å²) in [6.45, 7) is 6.43. The number of amides is 3. The first-order chi connectivity index (χ1) is 16.2. The van der Waals surface area contributed by atoms with Crippen LogP contribution in [-0.4, -0.2) is 83.5 Å². The van der Waals surface area contributed by atoms with E-state index in [0.29, 0.717) is 30.1 Å². The van der Waals surface area contributed by atoms with Gasteiger partial charge in [-0.1, -0.05) is 6.92 Å². The van der Waals surface area contributed by atoms with Crippen molar-refractivity contribution in [1.82, 2.24) is 19.8 Å². The van der Waals surface area contributed by atoms with E-state index in [2.05, 4.69) is 15.3 Å². The molecule has 0 aliphatic carbocycles. The molecule has 34 heavy (non-hydrogen) atoms. The van der Waals surface area contributed by atoms with E-state index in [1.807, 2.05) is 13.8 Å². The molecule has 0 fully saturated rings. The third kappa shape index (κ3) is 5.88. The molecule has 1 aromatic carbocycles. The molecule has 0 unspecified atom stereocenters. The molecule has 2 aromatic rings. The lowest BCUT2D eigenvalue weighted by atomic mass is 10.0. The fourth-order valence-electron chi connectivity index (χ4n) is 3.90. The molecule has 3 atom stereocenters. The molecule has 1 aromatic heterocycles. The second-order valence-electron chi connectivity index (χ2n) is 8.52. The van der Waals surface area contributed by atoms with Gasteiger partial charge in [0.1, 0.15) is 18.1 Å². The summed E-state index contributed by atoms with van der Waals surface area (Å²) in [4.78, 5) is 49.3. The van der Waals surface area contributed by atoms with Gasteiger partial charge in [-0.2, -0.15) is 0 Å². The van der Waals surface area contributed by atoms with E-state index in [-0.39, 0.29) is 42.2 Å². The maximum Gasteiger partial charge on any atom is 0.275 e. The van der Waals surface area contributed by atoms with Crippen molar-refractivity contribution in [1.29, 1.82) is 0 Å². The Kier molecular flexibility index (Phi) is 8.17. The Hall–Kier alpha value is -3.53. The number of hydrogen-bond acceptors (Lipinski definition) is 7. The molecular weight excluding hydrogens is 438 g/mol. The number of ether oxygens (including phenoxy) is 2. The number of aromatic nitrogens is 2. The van der Waals surface area contributed by atoms with Crippen molar-refractivity contribution in [2.75, 3.05) is 39.2 Å². The van der Waals surface area contributed by atoms with Crippen LogP contribution in [0.25, 0.3) is 0 Å². The van der Waals surface area contributed by atoms with Gasteiger partial charge in [0.25, 0.3) is 11.8 Å². The number of carbonyl (C=O) groups is 3. The molecule has 10 heteroatoms. The minimum atomic E-state index is -0.433. The highest BCUT2D eigenvalue weighted by Crippen LogP contribution is 2.27. The number of anilines is 1. The lowest BCUT2D eigenvalue weighted by molar-refractivity contribution is -0.133. The molecule has 1 aliphatic heterocycles. The van der Waals surface area contributed by atoms with Gasteiger partial charge in [-0.15, -0.1) is 0 Å². The fraction of sp³-hybridized carbons (Fsp3) is 0.458. The molecule has 0 spiro atoms. The lowest BCUT2D eigenvalue weighted by Gasteiger charge is -2.35. The molecule has 0 saturated heterocycles. The van der Waals surface area contributed by atoms with Gasteiger partial charge in [0.05, 0.1) is 23.9 Å². The standard InChI is InChI=1S/C24H31N5O5/c1-15-12-29(17(3)30)16(2)14-34-21-10-18(27-23(31)20-11-25-8-9-26-20)6-7-19(21)24(32)28(4)13-22(15)33-5/h6-11,15-16,22H,12-14H2,1-5H3,(H,27,31)/t15-,16-,22-/m1/s1. The Morgan fingerprint density at radius 2 is 1.97 bits per heavy atom. The Morgan fingerprint density at radius 1 is 1.21 bits per heavy atom. The van der Waals surface area contributed by atoms with Gasteiger partial charge < -0.3 is 24.6 Å². The zero-order chi connectivity index (χ0) is 24.8. The van der Waals surface area contributed by atoms with Crippen molar-refractivity contribution in [3.8, 4) is 5.75 Å². The van der Waals surface area contributed by atoms with Crippen LogP contribution in [0.1, 0.15) is 41.6 Å². The molecule has 0 bridgehead atoms. The van der Waals surface area contributed by atoms with E-state index in [4.69, 9.17) is 9.47 Å². The summed E-state index contributed by atoms with van der Waals surface area (Å²) >= 11 is 0. The van der Waals surface area contributed by atoms with E-state index in [1.54, 1.807) is 42.2 Å². The van der Waals surface area contributed by atoms with Crippen LogP contribution in [0.2, 0.25) is 0 Å². The quantitative estimate of drug-likeness (QED) is 0.732. The Labute approximate surface area is 199 Å². The first-order valence-electron chi connectivity index (χ1n) is 11.1. The van der Waals surface area contributed by atoms with Crippen LogP contribution < -0.4 is 10.1 Å². The predicted octanol–water partition coefficient (Wildman–Crippen LogP) is 2.08. The summed E-state index contributed by atoms with van der Waals surface area (Å²) in [5, 5.41) is 2.75. The largest absolute Gasteiger partial charge is 0.491 e. The predicted molar refractivity (Wildman–Crippen MR) is 126 cm³/mol. The monoisotopic (exact) mass is 469 g/mol. The Morgan fingerprint density at radius 3 is 2.62 bits per heavy atom. The summed E-state index contributed by atoms with van der Waals surface area (Å²) in [5.41, 5.74) is 0.957. The third-order valence-corrected chi connectivity index (χ3v) is 5.90. The van der Waals surface area contributed by atoms with Gasteiger partial charge in [0, 0.05) is 64.2 Å². The van der Waals surface area contributed by atoms with Crippen LogP contribution in [0.5, 0.6) is 5.75 Å². The SMILES string of the molecule is CO[C@@H]1CN(C)C(=O)c2ccc(NC(=O)c3cnccn3)cc2OC[C@@H](C)N(C(C)=O)C[C@H]1C. The molecule has 0 saturated carbocycles. The second-order valence-corrected chi connectivity index (χ2v) is 8.52. The second kappa shape index (κ2) is 11.1. The average molecular weight is 470 g/mol. The van der Waals surface area contributed by atoms with Crippen molar-refractivity contribution in [2.24, 2.45) is 5.92 Å². The van der Waals surface area contributed by atoms with Gasteiger partial charge in [0.2, 0.25) is 5.91 Å². The highest BCUT2D eigenvalue weighted by molar-refractivity contribution is 6.03. The van der Waals surface area contributed by atoms with Crippen LogP contribution in [0.15, 0.2) is 36.8 Å². The zero-order valence-corrected chi connectivity index (χ0v) is 20.1. The zero-order valence-electron chi connectivity index (χ0n) is 20.1. The number of fused-ring (bicyclic) bond motifs is 1. The molecule has 2 heterocycles. The molecule has 0 radical (unpaired) electrons. The third-order valence-electron chi connectivity index (χ3n) is 5.90. The summed E-state index contributed by atoms with van der Waals surface area (Å²) < 4.78 is 11.7. The van der Waals surface area contributed by atoms with Crippen molar-refractivity contribution in [2.45, 2.75) is 32.9 Å². The number of rotatable bonds is 3. The van der Waals surface area contributed by atoms with E-state index in [0.717, 1.165) is 0 Å². The normalized spacial score (nSPS) is 21.6. The smallest absolute Gasteiger partial charge is 0.275 e. The first kappa shape index (κ1) is 25.1. The molecule has 182 valence electrons. The van der Waals surface area contributed by atoms with Crippen molar-refractivity contribution < 1.29 is 23.9 Å². The molecule has 3 amide bonds. The first-order valence-corrected chi connectivity index (χ1v) is 11.1. The van der Waals surface area contributed by atoms with Gasteiger partial charge in [-0.05, 0) is 19.1 Å². The highest BCUT2D eigenvalue weighted by atomic mass is 16.5. The van der Waals surface area contributed by atoms with Crippen molar-refractivity contribution in [3.05, 3.63) is 48.0 Å². The summed E-state index contributed by atoms with van der Waals surface area (Å²) in [6.07, 6.45) is 4.02. The van der Waals surface area contributed by atoms with Crippen LogP contribution in [0, 0.1) is 5.92 Å². The van der Waals surface area contributed by atoms with Gasteiger partial charge in [-0.3, -0.25) is 19.4 Å². The Balaban J connectivity index is 1.93. The van der Waals surface area contributed by atoms with Crippen molar-refractivity contribution >= 4 is 23.4 Å². The minimum Gasteiger partial charge on any atom is -0.491 e. The molecular formula is C24H31N5O5. The summed E-state index contributed by atoms with van der Waals surface area (Å²) in [6, 6.07) is 4.61. The van der Waals surface area contributed by atoms with Gasteiger partial charge in [0.15, 0.2) is 0 Å². The summed E-state index contributed by atoms with van der Waals surface area (Å²) in [7, 11) is 3.31. The van der Waals surface area contributed by atoms with Crippen LogP contribution in [0.4, 0.5) is 5.69 Å². The maximum absolute atomic E-state index is 13.2. The number of hydrogen-bond donors (Lipinski definition) is 1. The van der Waals surface area contributed by atoms with E-state index >= 15 is 0 Å². The lowest BCUT2D eigenvalue weighted by Crippen LogP contribution is -2.48. The average Bonchev–Trinajstić information content (AvgIpc) is 2.83. The topological polar surface area (TPSA) is 114 Å². The molecule has 1 N–H and O–H groups in total. The molecule has 10 nitrogen and oxygen atoms in total. The van der Waals surface area contributed by atoms with Crippen LogP contribution in [0.3, 0.4) is 0 Å². The maximum atomic E-state index is 13.2. The summed E-state index contributed by atoms with van der Waals surface area (Å²) in [5.74, 6) is -0.411. The van der Waals surface area contributed by atoms with Crippen LogP contribution in [-0.2, 0) is 9.53 Å². The number of methoxy groups -OCH3 is 1. The molecule has 3 rings (SSSR count). The van der Waals surface area contributed by atoms with E-state index in [9.17, 15) is 14.4 Å². The van der Waals surface area contributed by atoms with Crippen molar-refractivity contribution in [3.63, 3.8) is 0 Å². The van der Waals surface area contributed by atoms with E-state index in [1.165, 1.54) is 25.5 Å². The van der Waals surface area contributed by atoms with Crippen LogP contribution >= 0.6 is 0 Å². The number of carbonyl (C=O) groups excluding carboxylic acids is 3. The number of nitrogens with one attached hydrogen (secondary N) is 1. The fourth-order valence-corrected chi connectivity index (χ4v) is 3.90. The van der Waals surface area contributed by atoms with Gasteiger partial charge in [-0.25, -0.2) is 4.98 Å². The van der Waals surface area contributed by atoms with Gasteiger partial charge >= 0.3 is 0 Å². The molecule has 1 aliphatic rings. The Bertz CT molecular complexity index is 1030. The number of benzene rings is 1. The number of nitrogens with zero attached hydrogens (tertiary/aromatic N) is 4. The minimum absolute atomic E-state index is 0.00386. The van der Waals surface area contributed by atoms with E-state index < -0.39 is 5.91 Å². The number of likely N-dealkylation sites (N-methyl/N-ethyl adjacent to an activating group) is 1. The highest BCUT2D eigenvalue weighted by Gasteiger charge is 2.29.